The summed E-state index contributed by atoms with van der Waals surface area (Å²) < 4.78 is 0. The summed E-state index contributed by atoms with van der Waals surface area (Å²) in [6, 6.07) is -0.264. The van der Waals surface area contributed by atoms with Crippen molar-refractivity contribution >= 4 is 17.9 Å². The van der Waals surface area contributed by atoms with Crippen LogP contribution in [0.5, 0.6) is 0 Å². The molecule has 0 radical (unpaired) electrons. The Balaban J connectivity index is -0.0000000512. The van der Waals surface area contributed by atoms with Crippen molar-refractivity contribution in [2.24, 2.45) is 11.5 Å². The minimum Gasteiger partial charge on any atom is -0.481 e. The Morgan fingerprint density at radius 1 is 0.950 bits per heavy atom. The van der Waals surface area contributed by atoms with Crippen LogP contribution in [-0.2, 0) is 14.4 Å². The number of carbonyl (C=O) groups is 3. The van der Waals surface area contributed by atoms with Crippen molar-refractivity contribution in [2.75, 3.05) is 6.54 Å². The second kappa shape index (κ2) is 23.7. The molecule has 0 saturated carbocycles. The third-order valence-corrected chi connectivity index (χ3v) is 0.892. The van der Waals surface area contributed by atoms with Gasteiger partial charge >= 0.3 is 0 Å². The quantitative estimate of drug-likeness (QED) is 0.321. The molecule has 120 valence electrons. The molecule has 0 aliphatic rings. The van der Waals surface area contributed by atoms with E-state index in [2.05, 4.69) is 0 Å². The molecular formula is C10H24CeN2O7. The molecule has 0 saturated heterocycles. The van der Waals surface area contributed by atoms with Crippen molar-refractivity contribution < 1.29 is 76.6 Å². The Morgan fingerprint density at radius 3 is 1.10 bits per heavy atom. The van der Waals surface area contributed by atoms with Gasteiger partial charge in [0.2, 0.25) is 0 Å². The van der Waals surface area contributed by atoms with Gasteiger partial charge in [0.1, 0.15) is 0 Å². The molecular weight excluding hydrogens is 400 g/mol. The van der Waals surface area contributed by atoms with Crippen LogP contribution in [0.3, 0.4) is 0 Å². The number of hydrogen-bond donors (Lipinski definition) is 6. The van der Waals surface area contributed by atoms with Crippen LogP contribution in [0.25, 0.3) is 0 Å². The van der Waals surface area contributed by atoms with E-state index in [9.17, 15) is 0 Å². The Kier molecular flexibility index (Phi) is 37.8. The molecule has 0 fully saturated rings. The predicted molar refractivity (Wildman–Crippen MR) is 68.6 cm³/mol. The molecule has 10 heteroatoms. The molecule has 8 N–H and O–H groups in total. The molecule has 2 unspecified atom stereocenters. The van der Waals surface area contributed by atoms with Gasteiger partial charge in [-0.25, -0.2) is 0 Å². The molecule has 0 aromatic heterocycles. The van der Waals surface area contributed by atoms with Crippen molar-refractivity contribution in [1.82, 2.24) is 0 Å². The topological polar surface area (TPSA) is 184 Å². The van der Waals surface area contributed by atoms with Gasteiger partial charge in [0.05, 0.1) is 6.10 Å². The monoisotopic (exact) mass is 424 g/mol. The molecule has 2 atom stereocenters. The van der Waals surface area contributed by atoms with Gasteiger partial charge in [-0.2, -0.15) is 0 Å². The van der Waals surface area contributed by atoms with Gasteiger partial charge in [-0.05, 0) is 6.92 Å². The van der Waals surface area contributed by atoms with E-state index in [1.807, 2.05) is 0 Å². The van der Waals surface area contributed by atoms with E-state index in [4.69, 9.17) is 46.3 Å². The second-order valence-corrected chi connectivity index (χ2v) is 3.20. The van der Waals surface area contributed by atoms with Crippen LogP contribution < -0.4 is 11.5 Å². The van der Waals surface area contributed by atoms with Crippen molar-refractivity contribution in [2.45, 2.75) is 39.8 Å². The summed E-state index contributed by atoms with van der Waals surface area (Å²) in [4.78, 5) is 27.0. The van der Waals surface area contributed by atoms with Crippen molar-refractivity contribution in [3.63, 3.8) is 0 Å². The molecule has 0 spiro atoms. The summed E-state index contributed by atoms with van der Waals surface area (Å²) in [7, 11) is 0. The smallest absolute Gasteiger partial charge is 0.300 e. The molecule has 0 bridgehead atoms. The molecule has 0 aromatic rings. The maximum absolute atomic E-state index is 9.00. The molecule has 0 aliphatic heterocycles. The predicted octanol–water partition coefficient (Wildman–Crippen LogP) is -1.07. The SMILES string of the molecule is CC(=O)O.CC(=O)O.CC(=O)O.CC(O)C(N)CN.[Ce]. The van der Waals surface area contributed by atoms with Crippen LogP contribution in [0.15, 0.2) is 0 Å². The minimum atomic E-state index is -0.833. The number of hydrogen-bond acceptors (Lipinski definition) is 6. The maximum atomic E-state index is 9.00. The van der Waals surface area contributed by atoms with Crippen molar-refractivity contribution in [3.8, 4) is 0 Å². The molecule has 0 amide bonds. The molecule has 0 rings (SSSR count). The number of nitrogens with two attached hydrogens (primary N) is 2. The van der Waals surface area contributed by atoms with Gasteiger partial charge in [0.15, 0.2) is 0 Å². The first kappa shape index (κ1) is 31.9. The zero-order chi connectivity index (χ0) is 16.6. The molecule has 0 aliphatic carbocycles. The fraction of sp³-hybridized carbons (Fsp3) is 0.700. The molecule has 20 heavy (non-hydrogen) atoms. The molecule has 0 heterocycles. The summed E-state index contributed by atoms with van der Waals surface area (Å²) in [5, 5.41) is 30.9. The van der Waals surface area contributed by atoms with Crippen molar-refractivity contribution in [1.29, 1.82) is 0 Å². The van der Waals surface area contributed by atoms with Gasteiger partial charge < -0.3 is 31.9 Å². The van der Waals surface area contributed by atoms with Crippen LogP contribution in [0, 0.1) is 41.7 Å². The number of carboxylic acid groups (broad SMARTS) is 3. The standard InChI is InChI=1S/C4H12N2O.3C2H4O2.Ce/c1-3(7)4(6)2-5;3*1-2(3)4;/h3-4,7H,2,5-6H2,1H3;3*1H3,(H,3,4);. The summed E-state index contributed by atoms with van der Waals surface area (Å²) in [5.74, 6) is -2.50. The van der Waals surface area contributed by atoms with E-state index in [0.717, 1.165) is 20.8 Å². The fourth-order valence-electron chi connectivity index (χ4n) is 0.197. The summed E-state index contributed by atoms with van der Waals surface area (Å²) in [5.41, 5.74) is 10.3. The largest absolute Gasteiger partial charge is 0.481 e. The third-order valence-electron chi connectivity index (χ3n) is 0.892. The first-order valence-electron chi connectivity index (χ1n) is 5.10. The van der Waals surface area contributed by atoms with Crippen LogP contribution in [0.1, 0.15) is 27.7 Å². The average molecular weight is 424 g/mol. The summed E-state index contributed by atoms with van der Waals surface area (Å²) >= 11 is 0. The van der Waals surface area contributed by atoms with Crippen molar-refractivity contribution in [3.05, 3.63) is 0 Å². The number of aliphatic hydroxyl groups excluding tert-OH is 1. The van der Waals surface area contributed by atoms with Crippen LogP contribution in [0.2, 0.25) is 0 Å². The van der Waals surface area contributed by atoms with Crippen LogP contribution >= 0.6 is 0 Å². The zero-order valence-corrected chi connectivity index (χ0v) is 15.2. The normalized spacial score (nSPS) is 10.3. The van der Waals surface area contributed by atoms with E-state index in [1.165, 1.54) is 0 Å². The summed E-state index contributed by atoms with van der Waals surface area (Å²) in [6.45, 7) is 5.22. The maximum Gasteiger partial charge on any atom is 0.300 e. The Morgan fingerprint density at radius 2 is 1.10 bits per heavy atom. The Labute approximate surface area is 151 Å². The van der Waals surface area contributed by atoms with Gasteiger partial charge in [-0.1, -0.05) is 0 Å². The Hall–Kier alpha value is -0.333. The van der Waals surface area contributed by atoms with E-state index in [0.29, 0.717) is 6.54 Å². The van der Waals surface area contributed by atoms with Crippen LogP contribution in [-0.4, -0.2) is 57.0 Å². The number of rotatable bonds is 2. The van der Waals surface area contributed by atoms with E-state index in [1.54, 1.807) is 6.92 Å². The summed E-state index contributed by atoms with van der Waals surface area (Å²) in [6.07, 6.45) is -0.481. The molecule has 0 aromatic carbocycles. The number of aliphatic carboxylic acids is 3. The van der Waals surface area contributed by atoms with E-state index >= 15 is 0 Å². The van der Waals surface area contributed by atoms with E-state index in [-0.39, 0.29) is 47.8 Å². The number of carboxylic acids is 3. The Bertz CT molecular complexity index is 209. The molecule has 9 nitrogen and oxygen atoms in total. The number of aliphatic hydroxyl groups is 1. The fourth-order valence-corrected chi connectivity index (χ4v) is 0.197. The average Bonchev–Trinajstić information content (AvgIpc) is 2.13. The first-order valence-corrected chi connectivity index (χ1v) is 5.10. The minimum absolute atomic E-state index is 0. The zero-order valence-electron chi connectivity index (χ0n) is 12.0. The van der Waals surface area contributed by atoms with Gasteiger partial charge in [-0.3, -0.25) is 14.4 Å². The van der Waals surface area contributed by atoms with Crippen LogP contribution in [0.4, 0.5) is 0 Å². The van der Waals surface area contributed by atoms with E-state index < -0.39 is 24.0 Å². The van der Waals surface area contributed by atoms with Gasteiger partial charge in [0.25, 0.3) is 17.9 Å². The van der Waals surface area contributed by atoms with Gasteiger partial charge in [0, 0.05) is 75.1 Å². The second-order valence-electron chi connectivity index (χ2n) is 3.20. The first-order chi connectivity index (χ1) is 8.38. The van der Waals surface area contributed by atoms with Gasteiger partial charge in [-0.15, -0.1) is 0 Å². The third kappa shape index (κ3) is 153.